The van der Waals surface area contributed by atoms with Gasteiger partial charge >= 0.3 is 5.97 Å². The fourth-order valence-corrected chi connectivity index (χ4v) is 5.20. The van der Waals surface area contributed by atoms with Crippen molar-refractivity contribution in [1.29, 1.82) is 0 Å². The van der Waals surface area contributed by atoms with Crippen molar-refractivity contribution < 1.29 is 23.7 Å². The lowest BCUT2D eigenvalue weighted by Gasteiger charge is -2.27. The number of hydrogen-bond donors (Lipinski definition) is 0. The molecule has 0 fully saturated rings. The molecule has 0 radical (unpaired) electrons. The second-order valence-electron chi connectivity index (χ2n) is 10.8. The Labute approximate surface area is 223 Å². The summed E-state index contributed by atoms with van der Waals surface area (Å²) >= 11 is 0. The third kappa shape index (κ3) is 10.5. The third-order valence-corrected chi connectivity index (χ3v) is 7.03. The van der Waals surface area contributed by atoms with Gasteiger partial charge in [-0.2, -0.15) is 0 Å². The summed E-state index contributed by atoms with van der Waals surface area (Å²) in [6.45, 7) is 11.5. The maximum absolute atomic E-state index is 12.7. The Bertz CT molecular complexity index is 946. The van der Waals surface area contributed by atoms with Crippen LogP contribution in [0.1, 0.15) is 65.7 Å². The highest BCUT2D eigenvalue weighted by molar-refractivity contribution is 5.88. The van der Waals surface area contributed by atoms with Crippen LogP contribution in [0.4, 0.5) is 0 Å². The van der Waals surface area contributed by atoms with Gasteiger partial charge < -0.3 is 18.9 Å². The summed E-state index contributed by atoms with van der Waals surface area (Å²) < 4.78 is 23.6. The molecule has 3 heterocycles. The van der Waals surface area contributed by atoms with Crippen molar-refractivity contribution >= 4 is 5.97 Å². The number of allylic oxidation sites excluding steroid dienone is 2. The van der Waals surface area contributed by atoms with Crippen molar-refractivity contribution in [2.24, 2.45) is 11.8 Å². The molecule has 3 aliphatic heterocycles. The lowest BCUT2D eigenvalue weighted by molar-refractivity contribution is -0.146. The molecule has 7 atom stereocenters. The number of esters is 1. The zero-order valence-corrected chi connectivity index (χ0v) is 23.0. The highest BCUT2D eigenvalue weighted by Crippen LogP contribution is 2.26. The first kappa shape index (κ1) is 29.2. The Morgan fingerprint density at radius 3 is 2.76 bits per heavy atom. The first-order valence-electron chi connectivity index (χ1n) is 13.7. The van der Waals surface area contributed by atoms with E-state index in [9.17, 15) is 4.79 Å². The lowest BCUT2D eigenvalue weighted by atomic mass is 9.90. The molecule has 0 aromatic carbocycles. The molecule has 37 heavy (non-hydrogen) atoms. The molecule has 0 spiro atoms. The number of rotatable bonds is 4. The topological polar surface area (TPSA) is 54.0 Å². The van der Waals surface area contributed by atoms with Gasteiger partial charge in [-0.25, -0.2) is 4.79 Å². The molecule has 7 unspecified atom stereocenters. The number of carbonyl (C=O) groups is 1. The molecule has 0 N–H and O–H groups in total. The van der Waals surface area contributed by atoms with Crippen LogP contribution in [0.25, 0.3) is 0 Å². The van der Waals surface area contributed by atoms with Crippen LogP contribution in [0.3, 0.4) is 0 Å². The average molecular weight is 509 g/mol. The van der Waals surface area contributed by atoms with E-state index in [1.807, 2.05) is 18.2 Å². The van der Waals surface area contributed by atoms with Gasteiger partial charge in [0.2, 0.25) is 0 Å². The SMILES string of the molecule is C=C1CC(C)/C=C\CC(C(/C=C/C2CC(C)=CCO2)OC)OC(=O)C#CCC2C=CCC(CC(C)C1)O2. The smallest absolute Gasteiger partial charge is 0.384 e. The molecule has 3 aliphatic rings. The number of carbonyl (C=O) groups excluding carboxylic acids is 1. The molecular formula is C32H44O5. The maximum Gasteiger partial charge on any atom is 0.384 e. The van der Waals surface area contributed by atoms with Gasteiger partial charge in [0.25, 0.3) is 0 Å². The number of cyclic esters (lactones) is 1. The monoisotopic (exact) mass is 508 g/mol. The highest BCUT2D eigenvalue weighted by atomic mass is 16.6. The zero-order chi connectivity index (χ0) is 26.6. The van der Waals surface area contributed by atoms with Crippen LogP contribution in [0.15, 0.2) is 60.3 Å². The second kappa shape index (κ2) is 15.1. The fourth-order valence-electron chi connectivity index (χ4n) is 5.20. The quantitative estimate of drug-likeness (QED) is 0.194. The van der Waals surface area contributed by atoms with Crippen molar-refractivity contribution in [1.82, 2.24) is 0 Å². The average Bonchev–Trinajstić information content (AvgIpc) is 2.83. The number of methoxy groups -OCH3 is 1. The minimum atomic E-state index is -0.547. The minimum Gasteiger partial charge on any atom is -0.449 e. The van der Waals surface area contributed by atoms with Crippen molar-refractivity contribution in [2.45, 2.75) is 96.2 Å². The molecule has 0 aliphatic carbocycles. The number of hydrogen-bond acceptors (Lipinski definition) is 5. The number of ether oxygens (including phenoxy) is 4. The van der Waals surface area contributed by atoms with Crippen molar-refractivity contribution in [2.75, 3.05) is 13.7 Å². The van der Waals surface area contributed by atoms with Gasteiger partial charge in [0.05, 0.1) is 24.9 Å². The number of fused-ring (bicyclic) bond motifs is 2. The van der Waals surface area contributed by atoms with Crippen LogP contribution in [0, 0.1) is 23.7 Å². The summed E-state index contributed by atoms with van der Waals surface area (Å²) in [5.41, 5.74) is 2.57. The molecule has 0 amide bonds. The summed E-state index contributed by atoms with van der Waals surface area (Å²) in [7, 11) is 1.63. The van der Waals surface area contributed by atoms with Crippen LogP contribution in [-0.2, 0) is 23.7 Å². The minimum absolute atomic E-state index is 0.00584. The van der Waals surface area contributed by atoms with Gasteiger partial charge in [-0.05, 0) is 50.9 Å². The molecule has 5 nitrogen and oxygen atoms in total. The normalized spacial score (nSPS) is 33.9. The van der Waals surface area contributed by atoms with E-state index in [0.717, 1.165) is 32.1 Å². The molecule has 0 saturated carbocycles. The van der Waals surface area contributed by atoms with E-state index < -0.39 is 18.2 Å². The summed E-state index contributed by atoms with van der Waals surface area (Å²) in [4.78, 5) is 12.7. The molecule has 2 bridgehead atoms. The van der Waals surface area contributed by atoms with Gasteiger partial charge in [0, 0.05) is 25.9 Å². The Hall–Kier alpha value is -2.39. The van der Waals surface area contributed by atoms with Gasteiger partial charge in [-0.15, -0.1) is 0 Å². The summed E-state index contributed by atoms with van der Waals surface area (Å²) in [6.07, 6.45) is 19.4. The first-order chi connectivity index (χ1) is 17.8. The predicted molar refractivity (Wildman–Crippen MR) is 148 cm³/mol. The standard InChI is InChI=1S/C32H44O5/c1-23-9-6-13-31(30(34-5)16-15-28-21-24(2)17-18-35-28)37-32(33)14-8-11-27-10-7-12-29(36-27)22-26(4)20-25(3)19-23/h6-7,9-10,15-17,23,26-31H,3,11-13,18-22H2,1-2,4-5H3/b9-6-,16-15+. The fraction of sp³-hybridized carbons (Fsp3) is 0.594. The third-order valence-electron chi connectivity index (χ3n) is 7.03. The largest absolute Gasteiger partial charge is 0.449 e. The maximum atomic E-state index is 12.7. The van der Waals surface area contributed by atoms with Gasteiger partial charge in [0.15, 0.2) is 0 Å². The van der Waals surface area contributed by atoms with Crippen molar-refractivity contribution in [3.8, 4) is 11.8 Å². The van der Waals surface area contributed by atoms with Crippen LogP contribution >= 0.6 is 0 Å². The van der Waals surface area contributed by atoms with E-state index in [4.69, 9.17) is 18.9 Å². The first-order valence-corrected chi connectivity index (χ1v) is 13.7. The van der Waals surface area contributed by atoms with E-state index in [2.05, 4.69) is 63.5 Å². The molecule has 0 saturated heterocycles. The van der Waals surface area contributed by atoms with E-state index in [-0.39, 0.29) is 18.3 Å². The molecule has 3 rings (SSSR count). The summed E-state index contributed by atoms with van der Waals surface area (Å²) in [5.74, 6) is 5.93. The van der Waals surface area contributed by atoms with E-state index in [1.54, 1.807) is 7.11 Å². The second-order valence-corrected chi connectivity index (χ2v) is 10.8. The lowest BCUT2D eigenvalue weighted by Crippen LogP contribution is -2.31. The zero-order valence-electron chi connectivity index (χ0n) is 23.0. The summed E-state index contributed by atoms with van der Waals surface area (Å²) in [5, 5.41) is 0. The van der Waals surface area contributed by atoms with Gasteiger partial charge in [-0.3, -0.25) is 0 Å². The molecule has 202 valence electrons. The van der Waals surface area contributed by atoms with E-state index in [0.29, 0.717) is 31.3 Å². The Morgan fingerprint density at radius 1 is 1.16 bits per heavy atom. The Balaban J connectivity index is 1.75. The van der Waals surface area contributed by atoms with E-state index in [1.165, 1.54) is 11.1 Å². The highest BCUT2D eigenvalue weighted by Gasteiger charge is 2.24. The Kier molecular flexibility index (Phi) is 11.9. The summed E-state index contributed by atoms with van der Waals surface area (Å²) in [6, 6.07) is 0. The van der Waals surface area contributed by atoms with Crippen LogP contribution in [0.5, 0.6) is 0 Å². The van der Waals surface area contributed by atoms with Crippen molar-refractivity contribution in [3.05, 3.63) is 60.3 Å². The molecule has 0 aromatic heterocycles. The van der Waals surface area contributed by atoms with Crippen LogP contribution in [0.2, 0.25) is 0 Å². The van der Waals surface area contributed by atoms with Gasteiger partial charge in [-0.1, -0.05) is 80.0 Å². The molecular weight excluding hydrogens is 464 g/mol. The van der Waals surface area contributed by atoms with Gasteiger partial charge in [0.1, 0.15) is 12.2 Å². The molecule has 5 heteroatoms. The predicted octanol–water partition coefficient (Wildman–Crippen LogP) is 6.27. The van der Waals surface area contributed by atoms with Crippen molar-refractivity contribution in [3.63, 3.8) is 0 Å². The van der Waals surface area contributed by atoms with Crippen LogP contribution < -0.4 is 0 Å². The van der Waals surface area contributed by atoms with Crippen LogP contribution in [-0.4, -0.2) is 50.2 Å². The Morgan fingerprint density at radius 2 is 1.97 bits per heavy atom. The molecule has 0 aromatic rings. The van der Waals surface area contributed by atoms with E-state index >= 15 is 0 Å².